The van der Waals surface area contributed by atoms with E-state index in [9.17, 15) is 0 Å². The fraction of sp³-hybridized carbons (Fsp3) is 0.222. The van der Waals surface area contributed by atoms with Crippen molar-refractivity contribution < 1.29 is 1.43 Å². The minimum atomic E-state index is 0. The molecule has 0 saturated heterocycles. The third kappa shape index (κ3) is 1.32. The second kappa shape index (κ2) is 3.19. The molecule has 1 aromatic carbocycles. The molecule has 2 aromatic rings. The summed E-state index contributed by atoms with van der Waals surface area (Å²) in [5.74, 6) is 1.06. The average Bonchev–Trinajstić information content (AvgIpc) is 2.47. The summed E-state index contributed by atoms with van der Waals surface area (Å²) < 4.78 is 0. The van der Waals surface area contributed by atoms with Crippen LogP contribution >= 0.6 is 11.8 Å². The zero-order chi connectivity index (χ0) is 8.39. The van der Waals surface area contributed by atoms with Crippen molar-refractivity contribution in [2.75, 3.05) is 5.75 Å². The third-order valence-electron chi connectivity index (χ3n) is 1.65. The molecule has 0 fully saturated rings. The van der Waals surface area contributed by atoms with Gasteiger partial charge in [-0.05, 0) is 17.9 Å². The Morgan fingerprint density at radius 3 is 3.08 bits per heavy atom. The topological polar surface area (TPSA) is 28.7 Å². The molecule has 2 nitrogen and oxygen atoms in total. The van der Waals surface area contributed by atoms with Gasteiger partial charge in [-0.2, -0.15) is 0 Å². The van der Waals surface area contributed by atoms with Gasteiger partial charge in [0.05, 0.1) is 11.0 Å². The predicted octanol–water partition coefficient (Wildman–Crippen LogP) is 2.92. The molecule has 12 heavy (non-hydrogen) atoms. The molecule has 0 unspecified atom stereocenters. The van der Waals surface area contributed by atoms with Gasteiger partial charge >= 0.3 is 0 Å². The van der Waals surface area contributed by atoms with E-state index in [2.05, 4.69) is 16.9 Å². The highest BCUT2D eigenvalue weighted by atomic mass is 32.2. The smallest absolute Gasteiger partial charge is 0.166 e. The van der Waals surface area contributed by atoms with Crippen molar-refractivity contribution in [1.29, 1.82) is 0 Å². The van der Waals surface area contributed by atoms with E-state index in [4.69, 9.17) is 0 Å². The lowest BCUT2D eigenvalue weighted by Crippen LogP contribution is -1.73. The van der Waals surface area contributed by atoms with Crippen molar-refractivity contribution in [3.05, 3.63) is 24.3 Å². The molecule has 0 aliphatic carbocycles. The first-order chi connectivity index (χ1) is 5.90. The molecule has 64 valence electrons. The maximum absolute atomic E-state index is 4.41. The highest BCUT2D eigenvalue weighted by Crippen LogP contribution is 2.18. The van der Waals surface area contributed by atoms with Crippen molar-refractivity contribution in [1.82, 2.24) is 9.97 Å². The monoisotopic (exact) mass is 180 g/mol. The van der Waals surface area contributed by atoms with Crippen LogP contribution in [0.1, 0.15) is 8.35 Å². The first kappa shape index (κ1) is 7.68. The number of nitrogens with zero attached hydrogens (tertiary/aromatic N) is 1. The number of nitrogens with one attached hydrogen (secondary N) is 1. The fourth-order valence-corrected chi connectivity index (χ4v) is 1.75. The second-order valence-corrected chi connectivity index (χ2v) is 3.74. The van der Waals surface area contributed by atoms with Crippen LogP contribution in [-0.2, 0) is 0 Å². The van der Waals surface area contributed by atoms with Gasteiger partial charge in [0, 0.05) is 1.43 Å². The minimum Gasteiger partial charge on any atom is -0.333 e. The van der Waals surface area contributed by atoms with Gasteiger partial charge in [-0.1, -0.05) is 30.8 Å². The van der Waals surface area contributed by atoms with Crippen LogP contribution in [0.15, 0.2) is 29.4 Å². The SMILES string of the molecule is CCSc1nc2ccccc2[nH]1.[HH]. The predicted molar refractivity (Wildman–Crippen MR) is 54.6 cm³/mol. The Balaban J connectivity index is 0.000000845. The zero-order valence-electron chi connectivity index (χ0n) is 6.87. The molecular formula is C9H12N2S. The number of hydrogen-bond acceptors (Lipinski definition) is 2. The van der Waals surface area contributed by atoms with E-state index in [0.29, 0.717) is 0 Å². The lowest BCUT2D eigenvalue weighted by atomic mass is 10.3. The summed E-state index contributed by atoms with van der Waals surface area (Å²) in [7, 11) is 0. The largest absolute Gasteiger partial charge is 0.333 e. The molecule has 0 saturated carbocycles. The number of fused-ring (bicyclic) bond motifs is 1. The molecule has 1 aromatic heterocycles. The van der Waals surface area contributed by atoms with Crippen molar-refractivity contribution in [3.63, 3.8) is 0 Å². The Morgan fingerprint density at radius 1 is 1.50 bits per heavy atom. The Morgan fingerprint density at radius 2 is 2.33 bits per heavy atom. The molecular weight excluding hydrogens is 168 g/mol. The maximum Gasteiger partial charge on any atom is 0.166 e. The van der Waals surface area contributed by atoms with Crippen molar-refractivity contribution >= 4 is 22.8 Å². The standard InChI is InChI=1S/C9H10N2S.H2/c1-2-12-9-10-7-5-3-4-6-8(7)11-9;/h3-6H,2H2,1H3,(H,10,11);1H. The van der Waals surface area contributed by atoms with Gasteiger partial charge in [0.2, 0.25) is 0 Å². The van der Waals surface area contributed by atoms with E-state index in [1.807, 2.05) is 24.3 Å². The molecule has 1 heterocycles. The third-order valence-corrected chi connectivity index (χ3v) is 2.40. The maximum atomic E-state index is 4.41. The van der Waals surface area contributed by atoms with Crippen LogP contribution in [0.5, 0.6) is 0 Å². The van der Waals surface area contributed by atoms with Crippen LogP contribution < -0.4 is 0 Å². The zero-order valence-corrected chi connectivity index (χ0v) is 7.69. The highest BCUT2D eigenvalue weighted by Gasteiger charge is 1.99. The Bertz CT molecular complexity index is 353. The summed E-state index contributed by atoms with van der Waals surface area (Å²) in [6.07, 6.45) is 0. The lowest BCUT2D eigenvalue weighted by molar-refractivity contribution is 1.08. The number of aromatic nitrogens is 2. The first-order valence-electron chi connectivity index (χ1n) is 3.97. The Labute approximate surface area is 76.9 Å². The van der Waals surface area contributed by atoms with E-state index in [0.717, 1.165) is 21.9 Å². The van der Waals surface area contributed by atoms with E-state index in [1.165, 1.54) is 0 Å². The minimum absolute atomic E-state index is 0. The van der Waals surface area contributed by atoms with Gasteiger partial charge in [-0.15, -0.1) is 0 Å². The summed E-state index contributed by atoms with van der Waals surface area (Å²) in [5.41, 5.74) is 2.17. The summed E-state index contributed by atoms with van der Waals surface area (Å²) in [6, 6.07) is 8.08. The average molecular weight is 180 g/mol. The van der Waals surface area contributed by atoms with Gasteiger partial charge in [-0.25, -0.2) is 4.98 Å². The Kier molecular flexibility index (Phi) is 2.04. The van der Waals surface area contributed by atoms with E-state index in [-0.39, 0.29) is 1.43 Å². The molecule has 0 aliphatic rings. The fourth-order valence-electron chi connectivity index (χ4n) is 1.13. The van der Waals surface area contributed by atoms with Crippen molar-refractivity contribution in [3.8, 4) is 0 Å². The number of thioether (sulfide) groups is 1. The number of hydrogen-bond donors (Lipinski definition) is 1. The van der Waals surface area contributed by atoms with Crippen LogP contribution in [0, 0.1) is 0 Å². The lowest BCUT2D eigenvalue weighted by Gasteiger charge is -1.86. The van der Waals surface area contributed by atoms with Crippen molar-refractivity contribution in [2.24, 2.45) is 0 Å². The van der Waals surface area contributed by atoms with Crippen LogP contribution in [-0.4, -0.2) is 15.7 Å². The quantitative estimate of drug-likeness (QED) is 0.720. The highest BCUT2D eigenvalue weighted by molar-refractivity contribution is 7.99. The second-order valence-electron chi connectivity index (χ2n) is 2.49. The first-order valence-corrected chi connectivity index (χ1v) is 4.96. The molecule has 0 spiro atoms. The summed E-state index contributed by atoms with van der Waals surface area (Å²) in [5, 5.41) is 1.01. The number of aromatic amines is 1. The Hall–Kier alpha value is -0.960. The van der Waals surface area contributed by atoms with Crippen LogP contribution in [0.25, 0.3) is 11.0 Å². The van der Waals surface area contributed by atoms with Crippen LogP contribution in [0.4, 0.5) is 0 Å². The molecule has 2 rings (SSSR count). The molecule has 0 aliphatic heterocycles. The number of H-pyrrole nitrogens is 1. The molecule has 0 amide bonds. The van der Waals surface area contributed by atoms with Crippen LogP contribution in [0.3, 0.4) is 0 Å². The van der Waals surface area contributed by atoms with Gasteiger partial charge in [0.15, 0.2) is 5.16 Å². The number of imidazole rings is 1. The molecule has 3 heteroatoms. The number of rotatable bonds is 2. The molecule has 0 bridgehead atoms. The van der Waals surface area contributed by atoms with Gasteiger partial charge in [0.25, 0.3) is 0 Å². The van der Waals surface area contributed by atoms with E-state index < -0.39 is 0 Å². The van der Waals surface area contributed by atoms with Gasteiger partial charge < -0.3 is 4.98 Å². The molecule has 1 N–H and O–H groups in total. The molecule has 0 atom stereocenters. The normalized spacial score (nSPS) is 10.8. The van der Waals surface area contributed by atoms with Crippen molar-refractivity contribution in [2.45, 2.75) is 12.1 Å². The van der Waals surface area contributed by atoms with E-state index >= 15 is 0 Å². The number of benzene rings is 1. The summed E-state index contributed by atoms with van der Waals surface area (Å²) in [4.78, 5) is 7.66. The van der Waals surface area contributed by atoms with E-state index in [1.54, 1.807) is 11.8 Å². The summed E-state index contributed by atoms with van der Waals surface area (Å²) in [6.45, 7) is 2.12. The summed E-state index contributed by atoms with van der Waals surface area (Å²) >= 11 is 1.73. The number of para-hydroxylation sites is 2. The van der Waals surface area contributed by atoms with Gasteiger partial charge in [0.1, 0.15) is 0 Å². The van der Waals surface area contributed by atoms with Gasteiger partial charge in [-0.3, -0.25) is 0 Å². The van der Waals surface area contributed by atoms with Crippen LogP contribution in [0.2, 0.25) is 0 Å². The molecule has 0 radical (unpaired) electrons.